The van der Waals surface area contributed by atoms with Gasteiger partial charge in [0.15, 0.2) is 6.67 Å². The van der Waals surface area contributed by atoms with E-state index in [4.69, 9.17) is 9.47 Å². The van der Waals surface area contributed by atoms with Crippen molar-refractivity contribution in [2.75, 3.05) is 19.9 Å². The molecule has 1 aliphatic heterocycles. The van der Waals surface area contributed by atoms with Crippen LogP contribution in [0.5, 0.6) is 0 Å². The molecule has 4 heteroatoms. The van der Waals surface area contributed by atoms with Crippen LogP contribution in [-0.2, 0) is 14.3 Å². The molecule has 3 nitrogen and oxygen atoms in total. The van der Waals surface area contributed by atoms with Crippen LogP contribution in [0.3, 0.4) is 0 Å². The molecule has 0 spiro atoms. The minimum atomic E-state index is -1.03. The summed E-state index contributed by atoms with van der Waals surface area (Å²) in [7, 11) is 0. The molecule has 1 fully saturated rings. The van der Waals surface area contributed by atoms with Gasteiger partial charge < -0.3 is 9.47 Å². The summed E-state index contributed by atoms with van der Waals surface area (Å²) in [4.78, 5) is 10.4. The summed E-state index contributed by atoms with van der Waals surface area (Å²) < 4.78 is 21.4. The summed E-state index contributed by atoms with van der Waals surface area (Å²) in [6.45, 7) is 0.172. The Labute approximate surface area is 64.5 Å². The fraction of sp³-hybridized carbons (Fsp3) is 0.857. The van der Waals surface area contributed by atoms with Crippen LogP contribution in [-0.4, -0.2) is 32.0 Å². The van der Waals surface area contributed by atoms with Gasteiger partial charge in [0.05, 0.1) is 13.2 Å². The number of hydrogen-bond donors (Lipinski definition) is 0. The number of carbonyl (C=O) groups excluding carboxylic acids is 1. The Kier molecular flexibility index (Phi) is 3.29. The summed E-state index contributed by atoms with van der Waals surface area (Å²) in [5.74, 6) is -0.767. The molecule has 0 aromatic heterocycles. The molecule has 0 aromatic rings. The number of alkyl halides is 1. The van der Waals surface area contributed by atoms with Crippen molar-refractivity contribution in [1.29, 1.82) is 0 Å². The fourth-order valence-electron chi connectivity index (χ4n) is 1.01. The maximum Gasteiger partial charge on any atom is 0.337 e. The van der Waals surface area contributed by atoms with Gasteiger partial charge in [0.25, 0.3) is 0 Å². The fourth-order valence-corrected chi connectivity index (χ4v) is 1.01. The molecule has 0 aromatic carbocycles. The average molecular weight is 162 g/mol. The number of rotatable bonds is 2. The van der Waals surface area contributed by atoms with E-state index in [9.17, 15) is 9.18 Å². The Morgan fingerprint density at radius 1 is 1.55 bits per heavy atom. The molecule has 0 unspecified atom stereocenters. The summed E-state index contributed by atoms with van der Waals surface area (Å²) >= 11 is 0. The van der Waals surface area contributed by atoms with Crippen LogP contribution in [0.15, 0.2) is 0 Å². The molecule has 0 saturated carbocycles. The number of hydrogen-bond acceptors (Lipinski definition) is 3. The lowest BCUT2D eigenvalue weighted by molar-refractivity contribution is -0.154. The molecule has 1 saturated heterocycles. The van der Waals surface area contributed by atoms with E-state index in [-0.39, 0.29) is 6.10 Å². The second kappa shape index (κ2) is 4.28. The zero-order chi connectivity index (χ0) is 8.10. The van der Waals surface area contributed by atoms with E-state index in [1.54, 1.807) is 0 Å². The first-order valence-electron chi connectivity index (χ1n) is 3.66. The lowest BCUT2D eigenvalue weighted by Crippen LogP contribution is -2.26. The monoisotopic (exact) mass is 162 g/mol. The van der Waals surface area contributed by atoms with E-state index in [1.807, 2.05) is 0 Å². The van der Waals surface area contributed by atoms with Crippen LogP contribution in [0.2, 0.25) is 0 Å². The molecule has 1 heterocycles. The summed E-state index contributed by atoms with van der Waals surface area (Å²) in [5.41, 5.74) is 0. The van der Waals surface area contributed by atoms with E-state index in [0.717, 1.165) is 0 Å². The van der Waals surface area contributed by atoms with Gasteiger partial charge in [0.1, 0.15) is 6.10 Å². The van der Waals surface area contributed by atoms with Gasteiger partial charge in [-0.2, -0.15) is 0 Å². The van der Waals surface area contributed by atoms with Crippen LogP contribution >= 0.6 is 0 Å². The van der Waals surface area contributed by atoms with Crippen LogP contribution in [0.4, 0.5) is 4.39 Å². The normalized spacial score (nSPS) is 19.7. The van der Waals surface area contributed by atoms with Crippen LogP contribution < -0.4 is 0 Å². The second-order valence-corrected chi connectivity index (χ2v) is 2.44. The van der Waals surface area contributed by atoms with Gasteiger partial charge in [-0.05, 0) is 0 Å². The Balaban J connectivity index is 2.19. The minimum absolute atomic E-state index is 0.132. The number of halogens is 1. The lowest BCUT2D eigenvalue weighted by atomic mass is 10.2. The predicted octanol–water partition coefficient (Wildman–Crippen LogP) is 0.678. The third kappa shape index (κ3) is 2.84. The van der Waals surface area contributed by atoms with Crippen LogP contribution in [0.1, 0.15) is 12.8 Å². The van der Waals surface area contributed by atoms with Crippen LogP contribution in [0, 0.1) is 0 Å². The standard InChI is InChI=1S/C7H11FO3/c8-5-7(9)11-6-1-3-10-4-2-6/h6H,1-5H2. The van der Waals surface area contributed by atoms with E-state index < -0.39 is 12.6 Å². The maximum atomic E-state index is 11.6. The average Bonchev–Trinajstić information content (AvgIpc) is 2.06. The molecule has 0 amide bonds. The van der Waals surface area contributed by atoms with Gasteiger partial charge in [0, 0.05) is 12.8 Å². The number of ether oxygens (including phenoxy) is 2. The van der Waals surface area contributed by atoms with Crippen molar-refractivity contribution in [1.82, 2.24) is 0 Å². The van der Waals surface area contributed by atoms with Crippen molar-refractivity contribution in [3.05, 3.63) is 0 Å². The molecule has 11 heavy (non-hydrogen) atoms. The zero-order valence-electron chi connectivity index (χ0n) is 6.22. The van der Waals surface area contributed by atoms with Crippen molar-refractivity contribution in [3.63, 3.8) is 0 Å². The van der Waals surface area contributed by atoms with Gasteiger partial charge in [0.2, 0.25) is 0 Å². The van der Waals surface area contributed by atoms with E-state index in [0.29, 0.717) is 26.1 Å². The molecule has 0 bridgehead atoms. The highest BCUT2D eigenvalue weighted by molar-refractivity contribution is 5.70. The molecule has 0 aliphatic carbocycles. The predicted molar refractivity (Wildman–Crippen MR) is 35.9 cm³/mol. The van der Waals surface area contributed by atoms with Gasteiger partial charge in [-0.15, -0.1) is 0 Å². The highest BCUT2D eigenvalue weighted by Crippen LogP contribution is 2.10. The molecule has 0 atom stereocenters. The summed E-state index contributed by atoms with van der Waals surface area (Å²) in [6, 6.07) is 0. The third-order valence-corrected chi connectivity index (χ3v) is 1.58. The molecular formula is C7H11FO3. The Hall–Kier alpha value is -0.640. The first-order chi connectivity index (χ1) is 5.33. The largest absolute Gasteiger partial charge is 0.460 e. The van der Waals surface area contributed by atoms with E-state index in [1.165, 1.54) is 0 Å². The SMILES string of the molecule is O=C(CF)OC1CCOCC1. The van der Waals surface area contributed by atoms with Crippen molar-refractivity contribution >= 4 is 5.97 Å². The van der Waals surface area contributed by atoms with Crippen molar-refractivity contribution in [3.8, 4) is 0 Å². The highest BCUT2D eigenvalue weighted by atomic mass is 19.1. The summed E-state index contributed by atoms with van der Waals surface area (Å²) in [5, 5.41) is 0. The molecule has 1 aliphatic rings. The van der Waals surface area contributed by atoms with Gasteiger partial charge in [-0.25, -0.2) is 9.18 Å². The molecular weight excluding hydrogens is 151 g/mol. The highest BCUT2D eigenvalue weighted by Gasteiger charge is 2.17. The van der Waals surface area contributed by atoms with Gasteiger partial charge in [-0.1, -0.05) is 0 Å². The Morgan fingerprint density at radius 2 is 2.18 bits per heavy atom. The Morgan fingerprint density at radius 3 is 2.73 bits per heavy atom. The number of carbonyl (C=O) groups is 1. The Bertz CT molecular complexity index is 132. The topological polar surface area (TPSA) is 35.5 Å². The first-order valence-corrected chi connectivity index (χ1v) is 3.66. The first kappa shape index (κ1) is 8.46. The zero-order valence-corrected chi connectivity index (χ0v) is 6.22. The van der Waals surface area contributed by atoms with Crippen molar-refractivity contribution in [2.45, 2.75) is 18.9 Å². The van der Waals surface area contributed by atoms with Crippen molar-refractivity contribution < 1.29 is 18.7 Å². The second-order valence-electron chi connectivity index (χ2n) is 2.44. The third-order valence-electron chi connectivity index (χ3n) is 1.58. The van der Waals surface area contributed by atoms with Crippen molar-refractivity contribution in [2.24, 2.45) is 0 Å². The van der Waals surface area contributed by atoms with Gasteiger partial charge in [-0.3, -0.25) is 0 Å². The lowest BCUT2D eigenvalue weighted by Gasteiger charge is -2.21. The van der Waals surface area contributed by atoms with Crippen LogP contribution in [0.25, 0.3) is 0 Å². The van der Waals surface area contributed by atoms with E-state index >= 15 is 0 Å². The molecule has 0 N–H and O–H groups in total. The maximum absolute atomic E-state index is 11.6. The summed E-state index contributed by atoms with van der Waals surface area (Å²) in [6.07, 6.45) is 1.24. The molecule has 0 radical (unpaired) electrons. The van der Waals surface area contributed by atoms with E-state index in [2.05, 4.69) is 0 Å². The molecule has 1 rings (SSSR count). The quantitative estimate of drug-likeness (QED) is 0.560. The number of esters is 1. The molecule has 64 valence electrons. The minimum Gasteiger partial charge on any atom is -0.460 e. The van der Waals surface area contributed by atoms with Gasteiger partial charge >= 0.3 is 5.97 Å². The smallest absolute Gasteiger partial charge is 0.337 e.